The third-order valence-electron chi connectivity index (χ3n) is 3.85. The van der Waals surface area contributed by atoms with Crippen molar-refractivity contribution in [1.82, 2.24) is 15.6 Å². The monoisotopic (exact) mass is 426 g/mol. The minimum Gasteiger partial charge on any atom is -0.494 e. The molecule has 0 unspecified atom stereocenters. The lowest BCUT2D eigenvalue weighted by Gasteiger charge is -2.03. The predicted molar refractivity (Wildman–Crippen MR) is 109 cm³/mol. The summed E-state index contributed by atoms with van der Waals surface area (Å²) in [5.41, 5.74) is 6.05. The summed E-state index contributed by atoms with van der Waals surface area (Å²) in [6, 6.07) is 17.0. The molecular weight excluding hydrogens is 408 g/mol. The van der Waals surface area contributed by atoms with Gasteiger partial charge in [-0.1, -0.05) is 40.2 Å². The molecule has 3 rings (SSSR count). The van der Waals surface area contributed by atoms with Crippen molar-refractivity contribution in [2.75, 3.05) is 6.61 Å². The van der Waals surface area contributed by atoms with Crippen molar-refractivity contribution in [3.05, 3.63) is 70.3 Å². The van der Waals surface area contributed by atoms with E-state index in [0.717, 1.165) is 21.3 Å². The zero-order valence-electron chi connectivity index (χ0n) is 15.0. The van der Waals surface area contributed by atoms with E-state index in [1.54, 1.807) is 6.07 Å². The van der Waals surface area contributed by atoms with Gasteiger partial charge in [0.15, 0.2) is 0 Å². The topological polar surface area (TPSA) is 79.4 Å². The molecule has 0 aliphatic carbocycles. The van der Waals surface area contributed by atoms with Gasteiger partial charge in [0.25, 0.3) is 5.91 Å². The molecule has 2 aromatic carbocycles. The van der Waals surface area contributed by atoms with E-state index in [-0.39, 0.29) is 5.91 Å². The largest absolute Gasteiger partial charge is 0.494 e. The Hall–Kier alpha value is -2.93. The van der Waals surface area contributed by atoms with E-state index >= 15 is 0 Å². The molecule has 0 aliphatic rings. The first-order valence-electron chi connectivity index (χ1n) is 8.46. The van der Waals surface area contributed by atoms with Gasteiger partial charge in [-0.25, -0.2) is 5.43 Å². The van der Waals surface area contributed by atoms with Crippen LogP contribution in [0, 0.1) is 0 Å². The lowest BCUT2D eigenvalue weighted by atomic mass is 10.1. The average molecular weight is 427 g/mol. The van der Waals surface area contributed by atoms with E-state index in [4.69, 9.17) is 4.74 Å². The maximum absolute atomic E-state index is 12.3. The van der Waals surface area contributed by atoms with Gasteiger partial charge < -0.3 is 4.74 Å². The fraction of sp³-hybridized carbons (Fsp3) is 0.150. The Morgan fingerprint density at radius 1 is 1.22 bits per heavy atom. The van der Waals surface area contributed by atoms with Crippen molar-refractivity contribution in [3.8, 4) is 17.0 Å². The van der Waals surface area contributed by atoms with Crippen LogP contribution in [0.1, 0.15) is 29.9 Å². The number of aromatic amines is 1. The van der Waals surface area contributed by atoms with E-state index < -0.39 is 0 Å². The predicted octanol–water partition coefficient (Wildman–Crippen LogP) is 4.39. The fourth-order valence-electron chi connectivity index (χ4n) is 2.45. The van der Waals surface area contributed by atoms with Crippen LogP contribution in [0.2, 0.25) is 0 Å². The number of rotatable bonds is 6. The summed E-state index contributed by atoms with van der Waals surface area (Å²) < 4.78 is 6.49. The van der Waals surface area contributed by atoms with E-state index in [1.165, 1.54) is 0 Å². The minimum atomic E-state index is -0.355. The van der Waals surface area contributed by atoms with Crippen molar-refractivity contribution in [2.24, 2.45) is 5.10 Å². The lowest BCUT2D eigenvalue weighted by molar-refractivity contribution is 0.0950. The van der Waals surface area contributed by atoms with Gasteiger partial charge in [0.2, 0.25) is 0 Å². The average Bonchev–Trinajstić information content (AvgIpc) is 3.17. The highest BCUT2D eigenvalue weighted by atomic mass is 79.9. The molecule has 3 aromatic rings. The second-order valence-corrected chi connectivity index (χ2v) is 6.69. The Morgan fingerprint density at radius 2 is 2.00 bits per heavy atom. The van der Waals surface area contributed by atoms with Crippen LogP contribution >= 0.6 is 15.9 Å². The maximum atomic E-state index is 12.3. The van der Waals surface area contributed by atoms with Gasteiger partial charge in [-0.15, -0.1) is 0 Å². The molecule has 27 heavy (non-hydrogen) atoms. The minimum absolute atomic E-state index is 0.333. The number of hydrogen-bond acceptors (Lipinski definition) is 4. The van der Waals surface area contributed by atoms with Crippen molar-refractivity contribution in [1.29, 1.82) is 0 Å². The van der Waals surface area contributed by atoms with Crippen LogP contribution in [-0.4, -0.2) is 28.4 Å². The molecule has 0 aliphatic heterocycles. The number of halogens is 1. The van der Waals surface area contributed by atoms with E-state index in [1.807, 2.05) is 62.4 Å². The second kappa shape index (κ2) is 8.64. The highest BCUT2D eigenvalue weighted by Gasteiger charge is 2.11. The molecule has 138 valence electrons. The zero-order chi connectivity index (χ0) is 19.2. The lowest BCUT2D eigenvalue weighted by Crippen LogP contribution is -2.19. The number of nitrogens with one attached hydrogen (secondary N) is 2. The van der Waals surface area contributed by atoms with Gasteiger partial charge in [0.05, 0.1) is 18.0 Å². The SMILES string of the molecule is CCOc1cccc(-c2cc(C(=O)NN=C(C)c3ccc(Br)cc3)[nH]n2)c1. The fourth-order valence-corrected chi connectivity index (χ4v) is 2.71. The summed E-state index contributed by atoms with van der Waals surface area (Å²) in [7, 11) is 0. The Balaban J connectivity index is 1.70. The molecule has 0 fully saturated rings. The summed E-state index contributed by atoms with van der Waals surface area (Å²) in [5, 5.41) is 11.1. The molecule has 6 nitrogen and oxygen atoms in total. The number of carbonyl (C=O) groups is 1. The zero-order valence-corrected chi connectivity index (χ0v) is 16.6. The summed E-state index contributed by atoms with van der Waals surface area (Å²) in [6.45, 7) is 4.36. The Bertz CT molecular complexity index is 964. The smallest absolute Gasteiger partial charge is 0.289 e. The van der Waals surface area contributed by atoms with Crippen molar-refractivity contribution >= 4 is 27.5 Å². The highest BCUT2D eigenvalue weighted by molar-refractivity contribution is 9.10. The summed E-state index contributed by atoms with van der Waals surface area (Å²) in [4.78, 5) is 12.3. The van der Waals surface area contributed by atoms with Crippen LogP contribution in [0.3, 0.4) is 0 Å². The van der Waals surface area contributed by atoms with Crippen LogP contribution in [0.25, 0.3) is 11.3 Å². The first-order chi connectivity index (χ1) is 13.1. The van der Waals surface area contributed by atoms with Gasteiger partial charge in [0.1, 0.15) is 11.4 Å². The van der Waals surface area contributed by atoms with Crippen LogP contribution in [0.15, 0.2) is 64.2 Å². The number of aromatic nitrogens is 2. The molecule has 0 saturated heterocycles. The molecule has 7 heteroatoms. The molecule has 0 spiro atoms. The van der Waals surface area contributed by atoms with Crippen LogP contribution in [0.4, 0.5) is 0 Å². The standard InChI is InChI=1S/C20H19BrN4O2/c1-3-27-17-6-4-5-15(11-17)18-12-19(24-23-18)20(26)25-22-13(2)14-7-9-16(21)10-8-14/h4-12H,3H2,1-2H3,(H,23,24)(H,25,26). The normalized spacial score (nSPS) is 11.3. The molecule has 0 atom stereocenters. The van der Waals surface area contributed by atoms with Crippen molar-refractivity contribution in [2.45, 2.75) is 13.8 Å². The van der Waals surface area contributed by atoms with Crippen LogP contribution < -0.4 is 10.2 Å². The molecule has 0 bridgehead atoms. The molecule has 1 heterocycles. The van der Waals surface area contributed by atoms with Crippen LogP contribution in [0.5, 0.6) is 5.75 Å². The molecule has 2 N–H and O–H groups in total. The van der Waals surface area contributed by atoms with E-state index in [2.05, 4.69) is 36.7 Å². The maximum Gasteiger partial charge on any atom is 0.289 e. The number of hydrogen-bond donors (Lipinski definition) is 2. The van der Waals surface area contributed by atoms with Crippen molar-refractivity contribution < 1.29 is 9.53 Å². The first kappa shape index (κ1) is 18.8. The molecule has 0 saturated carbocycles. The van der Waals surface area contributed by atoms with Crippen molar-refractivity contribution in [3.63, 3.8) is 0 Å². The number of nitrogens with zero attached hydrogens (tertiary/aromatic N) is 2. The van der Waals surface area contributed by atoms with E-state index in [9.17, 15) is 4.79 Å². The number of ether oxygens (including phenoxy) is 1. The number of carbonyl (C=O) groups excluding carboxylic acids is 1. The number of amides is 1. The second-order valence-electron chi connectivity index (χ2n) is 5.77. The molecular formula is C20H19BrN4O2. The summed E-state index contributed by atoms with van der Waals surface area (Å²) in [5.74, 6) is 0.407. The third-order valence-corrected chi connectivity index (χ3v) is 4.38. The Morgan fingerprint density at radius 3 is 2.74 bits per heavy atom. The number of benzene rings is 2. The van der Waals surface area contributed by atoms with E-state index in [0.29, 0.717) is 23.7 Å². The number of H-pyrrole nitrogens is 1. The third kappa shape index (κ3) is 4.83. The van der Waals surface area contributed by atoms with Gasteiger partial charge in [-0.2, -0.15) is 10.2 Å². The number of hydrazone groups is 1. The van der Waals surface area contributed by atoms with Gasteiger partial charge in [-0.3, -0.25) is 9.89 Å². The summed E-state index contributed by atoms with van der Waals surface area (Å²) >= 11 is 3.39. The highest BCUT2D eigenvalue weighted by Crippen LogP contribution is 2.22. The van der Waals surface area contributed by atoms with Crippen LogP contribution in [-0.2, 0) is 0 Å². The Kier molecular flexibility index (Phi) is 6.03. The molecule has 1 aromatic heterocycles. The molecule has 0 radical (unpaired) electrons. The quantitative estimate of drug-likeness (QED) is 0.452. The Labute approximate surface area is 165 Å². The first-order valence-corrected chi connectivity index (χ1v) is 9.25. The molecule has 1 amide bonds. The van der Waals surface area contributed by atoms with Gasteiger partial charge in [-0.05, 0) is 49.7 Å². The van der Waals surface area contributed by atoms with Gasteiger partial charge in [0, 0.05) is 10.0 Å². The van der Waals surface area contributed by atoms with Gasteiger partial charge >= 0.3 is 0 Å². The summed E-state index contributed by atoms with van der Waals surface area (Å²) in [6.07, 6.45) is 0.